The van der Waals surface area contributed by atoms with Crippen LogP contribution < -0.4 is 25.6 Å². The van der Waals surface area contributed by atoms with Crippen molar-refractivity contribution in [1.82, 2.24) is 10.4 Å². The fraction of sp³-hybridized carbons (Fsp3) is 0.214. The number of carbonyl (C=O) groups excluding carboxylic acids is 1. The number of pyridine rings is 1. The largest absolute Gasteiger partial charge is 0.494 e. The number of nitrogens with one attached hydrogen (secondary N) is 1. The molecule has 122 valence electrons. The first kappa shape index (κ1) is 16.6. The first-order valence-corrected chi connectivity index (χ1v) is 6.92. The molecule has 2 heterocycles. The van der Waals surface area contributed by atoms with E-state index in [2.05, 4.69) is 10.4 Å². The minimum absolute atomic E-state index is 0.116. The first-order chi connectivity index (χ1) is 11.0. The molecule has 0 saturated heterocycles. The lowest BCUT2D eigenvalue weighted by Crippen LogP contribution is -2.49. The van der Waals surface area contributed by atoms with E-state index in [1.165, 1.54) is 20.4 Å². The van der Waals surface area contributed by atoms with Crippen molar-refractivity contribution < 1.29 is 18.7 Å². The third-order valence-electron chi connectivity index (χ3n) is 2.89. The normalized spacial score (nSPS) is 10.0. The van der Waals surface area contributed by atoms with E-state index in [4.69, 9.17) is 31.8 Å². The molecule has 0 unspecified atom stereocenters. The van der Waals surface area contributed by atoms with Crippen LogP contribution in [0.25, 0.3) is 0 Å². The Morgan fingerprint density at radius 1 is 1.35 bits per heavy atom. The maximum absolute atomic E-state index is 12.3. The molecule has 0 spiro atoms. The molecule has 23 heavy (non-hydrogen) atoms. The lowest BCUT2D eigenvalue weighted by atomic mass is 10.3. The topological polar surface area (TPSA) is 103 Å². The van der Waals surface area contributed by atoms with Gasteiger partial charge in [0.2, 0.25) is 5.88 Å². The molecule has 0 fully saturated rings. The van der Waals surface area contributed by atoms with Gasteiger partial charge in [-0.15, -0.1) is 0 Å². The Balaban J connectivity index is 2.40. The first-order valence-electron chi connectivity index (χ1n) is 6.52. The fourth-order valence-electron chi connectivity index (χ4n) is 1.87. The lowest BCUT2D eigenvalue weighted by Gasteiger charge is -2.25. The van der Waals surface area contributed by atoms with Crippen LogP contribution in [0.15, 0.2) is 28.8 Å². The molecule has 0 aliphatic rings. The number of ether oxygens (including phenoxy) is 2. The number of thiocarbonyl (C=S) groups is 1. The van der Waals surface area contributed by atoms with E-state index in [0.29, 0.717) is 11.5 Å². The number of hydrogen-bond acceptors (Lipinski definition) is 6. The van der Waals surface area contributed by atoms with Crippen molar-refractivity contribution in [3.8, 4) is 11.6 Å². The fourth-order valence-corrected chi connectivity index (χ4v) is 2.01. The summed E-state index contributed by atoms with van der Waals surface area (Å²) in [6.45, 7) is 1.73. The number of furan rings is 1. The van der Waals surface area contributed by atoms with E-state index < -0.39 is 5.91 Å². The van der Waals surface area contributed by atoms with Crippen molar-refractivity contribution in [2.75, 3.05) is 19.2 Å². The van der Waals surface area contributed by atoms with Crippen LogP contribution in [0, 0.1) is 6.92 Å². The van der Waals surface area contributed by atoms with Gasteiger partial charge in [0.15, 0.2) is 22.3 Å². The average molecular weight is 336 g/mol. The number of amides is 1. The second-order valence-corrected chi connectivity index (χ2v) is 4.81. The number of anilines is 1. The van der Waals surface area contributed by atoms with Gasteiger partial charge in [0.05, 0.1) is 14.2 Å². The van der Waals surface area contributed by atoms with Gasteiger partial charge >= 0.3 is 5.91 Å². The highest BCUT2D eigenvalue weighted by molar-refractivity contribution is 7.80. The van der Waals surface area contributed by atoms with E-state index in [9.17, 15) is 4.79 Å². The predicted molar refractivity (Wildman–Crippen MR) is 87.5 cm³/mol. The van der Waals surface area contributed by atoms with Crippen LogP contribution in [-0.2, 0) is 0 Å². The number of aromatic nitrogens is 1. The molecular formula is C14H16N4O4S. The van der Waals surface area contributed by atoms with Crippen LogP contribution in [0.4, 0.5) is 5.69 Å². The monoisotopic (exact) mass is 336 g/mol. The number of aryl methyl sites for hydroxylation is 1. The molecule has 0 atom stereocenters. The molecule has 0 saturated carbocycles. The van der Waals surface area contributed by atoms with Crippen molar-refractivity contribution in [3.05, 3.63) is 35.9 Å². The molecule has 3 N–H and O–H groups in total. The zero-order chi connectivity index (χ0) is 17.0. The van der Waals surface area contributed by atoms with E-state index in [1.54, 1.807) is 25.1 Å². The summed E-state index contributed by atoms with van der Waals surface area (Å²) < 4.78 is 15.7. The van der Waals surface area contributed by atoms with E-state index in [0.717, 1.165) is 5.01 Å². The molecule has 0 aliphatic heterocycles. The molecule has 2 aromatic rings. The van der Waals surface area contributed by atoms with Gasteiger partial charge in [-0.2, -0.15) is 0 Å². The van der Waals surface area contributed by atoms with Gasteiger partial charge in [-0.25, -0.2) is 9.99 Å². The molecule has 1 amide bonds. The van der Waals surface area contributed by atoms with Crippen molar-refractivity contribution in [2.24, 2.45) is 5.73 Å². The lowest BCUT2D eigenvalue weighted by molar-refractivity contribution is 0.0926. The van der Waals surface area contributed by atoms with Crippen LogP contribution in [0.1, 0.15) is 16.3 Å². The SMILES string of the molecule is COc1ccnc(OC)c1N(NC(=O)c1ccc(C)o1)C(N)=S. The van der Waals surface area contributed by atoms with Crippen molar-refractivity contribution in [3.63, 3.8) is 0 Å². The number of methoxy groups -OCH3 is 2. The summed E-state index contributed by atoms with van der Waals surface area (Å²) in [7, 11) is 2.90. The number of hydrogen-bond donors (Lipinski definition) is 2. The number of nitrogens with zero attached hydrogens (tertiary/aromatic N) is 2. The Morgan fingerprint density at radius 2 is 2.09 bits per heavy atom. The van der Waals surface area contributed by atoms with Gasteiger partial charge in [0.1, 0.15) is 5.76 Å². The minimum atomic E-state index is -0.529. The summed E-state index contributed by atoms with van der Waals surface area (Å²) in [5.41, 5.74) is 8.55. The van der Waals surface area contributed by atoms with Gasteiger partial charge in [-0.05, 0) is 31.3 Å². The Morgan fingerprint density at radius 3 is 2.61 bits per heavy atom. The van der Waals surface area contributed by atoms with Gasteiger partial charge < -0.3 is 19.6 Å². The summed E-state index contributed by atoms with van der Waals surface area (Å²) in [6, 6.07) is 4.80. The van der Waals surface area contributed by atoms with Crippen molar-refractivity contribution >= 4 is 28.9 Å². The maximum atomic E-state index is 12.3. The number of rotatable bonds is 4. The van der Waals surface area contributed by atoms with Crippen LogP contribution in [0.3, 0.4) is 0 Å². The molecule has 0 aliphatic carbocycles. The highest BCUT2D eigenvalue weighted by Gasteiger charge is 2.24. The second kappa shape index (κ2) is 6.97. The molecule has 0 radical (unpaired) electrons. The predicted octanol–water partition coefficient (Wildman–Crippen LogP) is 1.40. The molecule has 2 rings (SSSR count). The number of hydrazine groups is 1. The van der Waals surface area contributed by atoms with E-state index in [1.807, 2.05) is 0 Å². The summed E-state index contributed by atoms with van der Waals surface area (Å²) >= 11 is 5.01. The maximum Gasteiger partial charge on any atom is 0.305 e. The molecule has 8 nitrogen and oxygen atoms in total. The van der Waals surface area contributed by atoms with Crippen molar-refractivity contribution in [1.29, 1.82) is 0 Å². The Kier molecular flexibility index (Phi) is 5.02. The van der Waals surface area contributed by atoms with Crippen LogP contribution in [0.5, 0.6) is 11.6 Å². The van der Waals surface area contributed by atoms with Crippen LogP contribution in [0.2, 0.25) is 0 Å². The average Bonchev–Trinajstić information content (AvgIpc) is 2.98. The summed E-state index contributed by atoms with van der Waals surface area (Å²) in [4.78, 5) is 16.3. The molecule has 9 heteroatoms. The van der Waals surface area contributed by atoms with Gasteiger partial charge in [0, 0.05) is 12.3 Å². The third kappa shape index (κ3) is 3.51. The molecular weight excluding hydrogens is 320 g/mol. The molecule has 0 aromatic carbocycles. The van der Waals surface area contributed by atoms with Crippen LogP contribution >= 0.6 is 12.2 Å². The quantitative estimate of drug-likeness (QED) is 0.638. The Hall–Kier alpha value is -2.81. The smallest absolute Gasteiger partial charge is 0.305 e. The summed E-state index contributed by atoms with van der Waals surface area (Å²) in [5, 5.41) is 1.03. The van der Waals surface area contributed by atoms with E-state index >= 15 is 0 Å². The van der Waals surface area contributed by atoms with Gasteiger partial charge in [-0.3, -0.25) is 10.2 Å². The molecule has 0 bridgehead atoms. The summed E-state index contributed by atoms with van der Waals surface area (Å²) in [5.74, 6) is 0.756. The Bertz CT molecular complexity index is 709. The standard InChI is InChI=1S/C14H16N4O4S/c1-8-4-5-10(22-8)12(19)17-18(14(15)23)11-9(20-2)6-7-16-13(11)21-3/h4-7H,1-3H3,(H2,15,23)(H,17,19). The summed E-state index contributed by atoms with van der Waals surface area (Å²) in [6.07, 6.45) is 1.50. The number of nitrogens with two attached hydrogens (primary N) is 1. The molecule has 2 aromatic heterocycles. The van der Waals surface area contributed by atoms with Gasteiger partial charge in [-0.1, -0.05) is 0 Å². The highest BCUT2D eigenvalue weighted by Crippen LogP contribution is 2.34. The zero-order valence-electron chi connectivity index (χ0n) is 12.8. The minimum Gasteiger partial charge on any atom is -0.494 e. The highest BCUT2D eigenvalue weighted by atomic mass is 32.1. The van der Waals surface area contributed by atoms with Crippen LogP contribution in [-0.4, -0.2) is 30.2 Å². The van der Waals surface area contributed by atoms with E-state index in [-0.39, 0.29) is 22.4 Å². The number of carbonyl (C=O) groups is 1. The Labute approximate surface area is 138 Å². The second-order valence-electron chi connectivity index (χ2n) is 4.40. The van der Waals surface area contributed by atoms with Crippen molar-refractivity contribution in [2.45, 2.75) is 6.92 Å². The zero-order valence-corrected chi connectivity index (χ0v) is 13.6. The van der Waals surface area contributed by atoms with Gasteiger partial charge in [0.25, 0.3) is 0 Å². The third-order valence-corrected chi connectivity index (χ3v) is 3.07.